The van der Waals surface area contributed by atoms with Gasteiger partial charge in [-0.15, -0.1) is 0 Å². The summed E-state index contributed by atoms with van der Waals surface area (Å²) in [6, 6.07) is 3.17. The monoisotopic (exact) mass is 418 g/mol. The molecule has 0 aliphatic carbocycles. The highest BCUT2D eigenvalue weighted by molar-refractivity contribution is 7.10. The van der Waals surface area contributed by atoms with Crippen LogP contribution in [0, 0.1) is 18.6 Å². The third kappa shape index (κ3) is 5.30. The zero-order valence-electron chi connectivity index (χ0n) is 16.2. The van der Waals surface area contributed by atoms with Crippen LogP contribution in [0.25, 0.3) is 0 Å². The van der Waals surface area contributed by atoms with Gasteiger partial charge >= 0.3 is 0 Å². The number of hydrogen-bond acceptors (Lipinski definition) is 7. The summed E-state index contributed by atoms with van der Waals surface area (Å²) in [7, 11) is 3.96. The Hall–Kier alpha value is -2.98. The molecule has 2 N–H and O–H groups in total. The molecule has 0 saturated heterocycles. The van der Waals surface area contributed by atoms with Crippen LogP contribution in [-0.4, -0.2) is 45.8 Å². The first-order valence-corrected chi connectivity index (χ1v) is 9.56. The van der Waals surface area contributed by atoms with Crippen LogP contribution in [-0.2, 0) is 6.42 Å². The van der Waals surface area contributed by atoms with Crippen LogP contribution in [0.15, 0.2) is 30.6 Å². The van der Waals surface area contributed by atoms with Gasteiger partial charge in [-0.05, 0) is 44.7 Å². The molecular weight excluding hydrogens is 398 g/mol. The van der Waals surface area contributed by atoms with Gasteiger partial charge in [-0.3, -0.25) is 9.78 Å². The first kappa shape index (κ1) is 20.7. The van der Waals surface area contributed by atoms with Crippen molar-refractivity contribution in [2.75, 3.05) is 31.3 Å². The number of carbonyl (C=O) groups excluding carboxylic acids is 1. The normalized spacial score (nSPS) is 11.0. The fourth-order valence-corrected chi connectivity index (χ4v) is 3.33. The molecule has 0 saturated carbocycles. The van der Waals surface area contributed by atoms with E-state index in [1.54, 1.807) is 19.3 Å². The molecule has 10 heteroatoms. The fraction of sp³-hybridized carbons (Fsp3) is 0.263. The van der Waals surface area contributed by atoms with E-state index in [4.69, 9.17) is 0 Å². The summed E-state index contributed by atoms with van der Waals surface area (Å²) in [6.45, 7) is 2.53. The van der Waals surface area contributed by atoms with Gasteiger partial charge in [0.2, 0.25) is 0 Å². The number of nitrogens with zero attached hydrogens (tertiary/aromatic N) is 4. The highest BCUT2D eigenvalue weighted by atomic mass is 32.1. The lowest BCUT2D eigenvalue weighted by Crippen LogP contribution is -2.16. The van der Waals surface area contributed by atoms with Crippen LogP contribution in [0.1, 0.15) is 21.7 Å². The van der Waals surface area contributed by atoms with Crippen LogP contribution in [0.5, 0.6) is 0 Å². The molecule has 29 heavy (non-hydrogen) atoms. The molecule has 0 aliphatic heterocycles. The maximum atomic E-state index is 13.4. The highest BCUT2D eigenvalue weighted by Crippen LogP contribution is 2.28. The van der Waals surface area contributed by atoms with Crippen LogP contribution in [0.4, 0.5) is 25.3 Å². The van der Waals surface area contributed by atoms with E-state index in [9.17, 15) is 13.6 Å². The lowest BCUT2D eigenvalue weighted by atomic mass is 10.2. The zero-order chi connectivity index (χ0) is 21.0. The average Bonchev–Trinajstić information content (AvgIpc) is 3.03. The summed E-state index contributed by atoms with van der Waals surface area (Å²) in [6.07, 6.45) is 4.00. The maximum Gasteiger partial charge on any atom is 0.260 e. The predicted molar refractivity (Wildman–Crippen MR) is 109 cm³/mol. The Morgan fingerprint density at radius 2 is 2.00 bits per heavy atom. The van der Waals surface area contributed by atoms with Crippen LogP contribution in [0.3, 0.4) is 0 Å². The van der Waals surface area contributed by atoms with Gasteiger partial charge in [-0.1, -0.05) is 0 Å². The molecule has 0 unspecified atom stereocenters. The molecule has 0 bridgehead atoms. The van der Waals surface area contributed by atoms with E-state index < -0.39 is 17.5 Å². The van der Waals surface area contributed by atoms with Gasteiger partial charge in [0.25, 0.3) is 5.91 Å². The molecule has 2 heterocycles. The van der Waals surface area contributed by atoms with Gasteiger partial charge in [0.15, 0.2) is 11.6 Å². The number of amides is 1. The summed E-state index contributed by atoms with van der Waals surface area (Å²) < 4.78 is 30.7. The van der Waals surface area contributed by atoms with Crippen molar-refractivity contribution in [1.29, 1.82) is 0 Å². The van der Waals surface area contributed by atoms with Crippen molar-refractivity contribution in [2.45, 2.75) is 13.3 Å². The van der Waals surface area contributed by atoms with E-state index in [1.807, 2.05) is 14.1 Å². The van der Waals surface area contributed by atoms with Gasteiger partial charge in [0.1, 0.15) is 10.8 Å². The summed E-state index contributed by atoms with van der Waals surface area (Å²) >= 11 is 1.11. The number of aryl methyl sites for hydroxylation is 1. The Morgan fingerprint density at radius 1 is 1.21 bits per heavy atom. The van der Waals surface area contributed by atoms with E-state index in [-0.39, 0.29) is 5.69 Å². The fourth-order valence-electron chi connectivity index (χ4n) is 2.53. The Balaban J connectivity index is 1.78. The number of carbonyl (C=O) groups is 1. The van der Waals surface area contributed by atoms with Crippen LogP contribution in [0.2, 0.25) is 0 Å². The lowest BCUT2D eigenvalue weighted by Gasteiger charge is -2.10. The Morgan fingerprint density at radius 3 is 2.72 bits per heavy atom. The Kier molecular flexibility index (Phi) is 6.45. The highest BCUT2D eigenvalue weighted by Gasteiger charge is 2.20. The molecule has 0 fully saturated rings. The molecule has 2 aromatic heterocycles. The number of anilines is 3. The second-order valence-corrected chi connectivity index (χ2v) is 7.40. The number of likely N-dealkylation sites (N-methyl/N-ethyl adjacent to an activating group) is 1. The van der Waals surface area contributed by atoms with E-state index in [1.165, 1.54) is 6.07 Å². The lowest BCUT2D eigenvalue weighted by molar-refractivity contribution is 0.102. The predicted octanol–water partition coefficient (Wildman–Crippen LogP) is 3.62. The SMILES string of the molecule is Cc1nsc(Nc2cncc(CCN(C)C)n2)c1C(=O)Nc1ccc(F)c(F)c1. The largest absolute Gasteiger partial charge is 0.329 e. The number of halogens is 2. The first-order chi connectivity index (χ1) is 13.8. The molecule has 3 aromatic rings. The molecule has 0 radical (unpaired) electrons. The molecular formula is C19H20F2N6OS. The summed E-state index contributed by atoms with van der Waals surface area (Å²) in [5.74, 6) is -2.01. The third-order valence-electron chi connectivity index (χ3n) is 4.01. The molecule has 3 rings (SSSR count). The van der Waals surface area contributed by atoms with Gasteiger partial charge in [-0.2, -0.15) is 4.37 Å². The van der Waals surface area contributed by atoms with Gasteiger partial charge in [-0.25, -0.2) is 13.8 Å². The quantitative estimate of drug-likeness (QED) is 0.610. The topological polar surface area (TPSA) is 83.0 Å². The molecule has 7 nitrogen and oxygen atoms in total. The average molecular weight is 418 g/mol. The van der Waals surface area contributed by atoms with Gasteiger partial charge in [0.05, 0.1) is 23.1 Å². The molecule has 152 valence electrons. The smallest absolute Gasteiger partial charge is 0.260 e. The van der Waals surface area contributed by atoms with Crippen molar-refractivity contribution in [1.82, 2.24) is 19.2 Å². The van der Waals surface area contributed by atoms with Crippen molar-refractivity contribution in [3.05, 3.63) is 59.2 Å². The standard InChI is InChI=1S/C19H20F2N6OS/c1-11-17(18(28)24-12-4-5-14(20)15(21)8-12)19(29-26-11)25-16-10-22-9-13(23-16)6-7-27(2)3/h4-5,8-10H,6-7H2,1-3H3,(H,23,25)(H,24,28). The van der Waals surface area contributed by atoms with Crippen molar-refractivity contribution in [2.24, 2.45) is 0 Å². The zero-order valence-corrected chi connectivity index (χ0v) is 17.0. The number of rotatable bonds is 7. The Labute approximate surface area is 171 Å². The van der Waals surface area contributed by atoms with Crippen molar-refractivity contribution in [3.8, 4) is 0 Å². The number of aromatic nitrogens is 3. The van der Waals surface area contributed by atoms with Crippen LogP contribution >= 0.6 is 11.5 Å². The van der Waals surface area contributed by atoms with E-state index in [2.05, 4.69) is 29.9 Å². The van der Waals surface area contributed by atoms with Gasteiger partial charge < -0.3 is 15.5 Å². The number of hydrogen-bond donors (Lipinski definition) is 2. The number of nitrogens with one attached hydrogen (secondary N) is 2. The Bertz CT molecular complexity index is 1020. The molecule has 0 spiro atoms. The van der Waals surface area contributed by atoms with Gasteiger partial charge in [0, 0.05) is 30.9 Å². The van der Waals surface area contributed by atoms with E-state index in [0.717, 1.165) is 42.3 Å². The second kappa shape index (κ2) is 9.01. The summed E-state index contributed by atoms with van der Waals surface area (Å²) in [5.41, 5.74) is 1.78. The minimum atomic E-state index is -1.04. The second-order valence-electron chi connectivity index (χ2n) is 6.63. The summed E-state index contributed by atoms with van der Waals surface area (Å²) in [5, 5.41) is 6.13. The van der Waals surface area contributed by atoms with E-state index in [0.29, 0.717) is 22.1 Å². The van der Waals surface area contributed by atoms with Crippen molar-refractivity contribution < 1.29 is 13.6 Å². The van der Waals surface area contributed by atoms with Crippen molar-refractivity contribution >= 4 is 33.9 Å². The van der Waals surface area contributed by atoms with Crippen molar-refractivity contribution in [3.63, 3.8) is 0 Å². The molecule has 0 aliphatic rings. The van der Waals surface area contributed by atoms with E-state index >= 15 is 0 Å². The maximum absolute atomic E-state index is 13.4. The number of benzene rings is 1. The third-order valence-corrected chi connectivity index (χ3v) is 4.86. The molecule has 0 atom stereocenters. The minimum Gasteiger partial charge on any atom is -0.329 e. The summed E-state index contributed by atoms with van der Waals surface area (Å²) in [4.78, 5) is 23.5. The van der Waals surface area contributed by atoms with Crippen LogP contribution < -0.4 is 10.6 Å². The first-order valence-electron chi connectivity index (χ1n) is 8.79. The molecule has 1 amide bonds. The minimum absolute atomic E-state index is 0.149. The molecule has 1 aromatic carbocycles.